The van der Waals surface area contributed by atoms with Gasteiger partial charge in [0.2, 0.25) is 0 Å². The van der Waals surface area contributed by atoms with E-state index in [0.29, 0.717) is 6.42 Å². The molecule has 5 nitrogen and oxygen atoms in total. The van der Waals surface area contributed by atoms with Crippen LogP contribution in [0.1, 0.15) is 26.2 Å². The van der Waals surface area contributed by atoms with Crippen molar-refractivity contribution in [1.29, 1.82) is 0 Å². The van der Waals surface area contributed by atoms with Crippen molar-refractivity contribution >= 4 is 17.7 Å². The zero-order valence-electron chi connectivity index (χ0n) is 10.2. The lowest BCUT2D eigenvalue weighted by Gasteiger charge is -2.11. The van der Waals surface area contributed by atoms with E-state index in [4.69, 9.17) is 0 Å². The van der Waals surface area contributed by atoms with Gasteiger partial charge in [0.15, 0.2) is 0 Å². The van der Waals surface area contributed by atoms with Crippen LogP contribution in [0, 0.1) is 5.92 Å². The molecule has 0 spiro atoms. The van der Waals surface area contributed by atoms with Crippen molar-refractivity contribution in [1.82, 2.24) is 0 Å². The third-order valence-corrected chi connectivity index (χ3v) is 2.11. The third kappa shape index (κ3) is 6.50. The highest BCUT2D eigenvalue weighted by atomic mass is 16.5. The molecule has 0 aliphatic carbocycles. The van der Waals surface area contributed by atoms with Gasteiger partial charge >= 0.3 is 11.9 Å². The minimum atomic E-state index is -0.570. The molecule has 0 aromatic carbocycles. The molecule has 0 radical (unpaired) electrons. The van der Waals surface area contributed by atoms with E-state index >= 15 is 0 Å². The topological polar surface area (TPSA) is 69.7 Å². The number of rotatable bonds is 8. The lowest BCUT2D eigenvalue weighted by Crippen LogP contribution is -2.21. The van der Waals surface area contributed by atoms with Gasteiger partial charge in [-0.05, 0) is 13.3 Å². The summed E-state index contributed by atoms with van der Waals surface area (Å²) in [5.74, 6) is -1.94. The van der Waals surface area contributed by atoms with Gasteiger partial charge in [0.05, 0.1) is 19.6 Å². The Balaban J connectivity index is 4.25. The van der Waals surface area contributed by atoms with E-state index in [2.05, 4.69) is 16.1 Å². The maximum atomic E-state index is 11.5. The molecule has 0 bridgehead atoms. The van der Waals surface area contributed by atoms with Gasteiger partial charge < -0.3 is 9.47 Å². The van der Waals surface area contributed by atoms with Crippen LogP contribution >= 0.6 is 0 Å². The van der Waals surface area contributed by atoms with Crippen LogP contribution < -0.4 is 0 Å². The third-order valence-electron chi connectivity index (χ3n) is 2.11. The number of carbonyl (C=O) groups excluding carboxylic acids is 3. The molecule has 0 aliphatic heterocycles. The van der Waals surface area contributed by atoms with Gasteiger partial charge in [-0.15, -0.1) is 6.58 Å². The summed E-state index contributed by atoms with van der Waals surface area (Å²) in [6.45, 7) is 5.40. The van der Waals surface area contributed by atoms with Crippen LogP contribution in [0.15, 0.2) is 12.7 Å². The standard InChI is InChI=1S/C12H18O5/c1-4-6-9(12(15)16-3)7-10(13)8-11(14)17-5-2/h4,9H,1,5-8H2,2-3H3. The van der Waals surface area contributed by atoms with Crippen LogP contribution in [0.3, 0.4) is 0 Å². The Morgan fingerprint density at radius 3 is 2.47 bits per heavy atom. The molecule has 0 rings (SSSR count). The number of hydrogen-bond donors (Lipinski definition) is 0. The van der Waals surface area contributed by atoms with Crippen molar-refractivity contribution in [2.45, 2.75) is 26.2 Å². The minimum absolute atomic E-state index is 0.0303. The van der Waals surface area contributed by atoms with Gasteiger partial charge in [-0.2, -0.15) is 0 Å². The zero-order chi connectivity index (χ0) is 13.3. The van der Waals surface area contributed by atoms with E-state index in [1.54, 1.807) is 13.0 Å². The first-order chi connectivity index (χ1) is 8.04. The molecule has 0 fully saturated rings. The quantitative estimate of drug-likeness (QED) is 0.364. The van der Waals surface area contributed by atoms with Crippen LogP contribution in [-0.4, -0.2) is 31.4 Å². The fourth-order valence-corrected chi connectivity index (χ4v) is 1.35. The van der Waals surface area contributed by atoms with Crippen molar-refractivity contribution in [3.05, 3.63) is 12.7 Å². The Bertz CT molecular complexity index is 295. The summed E-state index contributed by atoms with van der Waals surface area (Å²) in [4.78, 5) is 33.9. The first kappa shape index (κ1) is 15.3. The summed E-state index contributed by atoms with van der Waals surface area (Å²) in [6, 6.07) is 0. The zero-order valence-corrected chi connectivity index (χ0v) is 10.2. The summed E-state index contributed by atoms with van der Waals surface area (Å²) < 4.78 is 9.21. The number of ether oxygens (including phenoxy) is 2. The molecule has 17 heavy (non-hydrogen) atoms. The second-order valence-corrected chi connectivity index (χ2v) is 3.47. The Morgan fingerprint density at radius 2 is 2.00 bits per heavy atom. The molecule has 0 N–H and O–H groups in total. The maximum absolute atomic E-state index is 11.5. The van der Waals surface area contributed by atoms with E-state index in [1.807, 2.05) is 0 Å². The maximum Gasteiger partial charge on any atom is 0.313 e. The fourth-order valence-electron chi connectivity index (χ4n) is 1.35. The van der Waals surface area contributed by atoms with Gasteiger partial charge in [0, 0.05) is 6.42 Å². The molecule has 1 unspecified atom stereocenters. The average molecular weight is 242 g/mol. The van der Waals surface area contributed by atoms with Gasteiger partial charge in [-0.1, -0.05) is 6.08 Å². The summed E-state index contributed by atoms with van der Waals surface area (Å²) in [6.07, 6.45) is 1.55. The Labute approximate surface area is 101 Å². The molecule has 0 aromatic rings. The van der Waals surface area contributed by atoms with Gasteiger partial charge in [0.25, 0.3) is 0 Å². The molecule has 96 valence electrons. The molecule has 0 amide bonds. The summed E-state index contributed by atoms with van der Waals surface area (Å²) >= 11 is 0. The molecule has 5 heteroatoms. The lowest BCUT2D eigenvalue weighted by atomic mass is 9.97. The average Bonchev–Trinajstić information content (AvgIpc) is 2.27. The Morgan fingerprint density at radius 1 is 1.35 bits per heavy atom. The SMILES string of the molecule is C=CCC(CC(=O)CC(=O)OCC)C(=O)OC. The van der Waals surface area contributed by atoms with Crippen LogP contribution in [0.25, 0.3) is 0 Å². The Hall–Kier alpha value is -1.65. The second kappa shape index (κ2) is 8.50. The molecule has 0 saturated heterocycles. The van der Waals surface area contributed by atoms with Crippen LogP contribution in [0.2, 0.25) is 0 Å². The number of allylic oxidation sites excluding steroid dienone is 1. The van der Waals surface area contributed by atoms with E-state index in [9.17, 15) is 14.4 Å². The Kier molecular flexibility index (Phi) is 7.67. The number of methoxy groups -OCH3 is 1. The van der Waals surface area contributed by atoms with E-state index in [-0.39, 0.29) is 25.2 Å². The summed E-state index contributed by atoms with van der Waals surface area (Å²) in [5, 5.41) is 0. The van der Waals surface area contributed by atoms with E-state index < -0.39 is 17.9 Å². The van der Waals surface area contributed by atoms with Crippen LogP contribution in [0.4, 0.5) is 0 Å². The summed E-state index contributed by atoms with van der Waals surface area (Å²) in [7, 11) is 1.26. The summed E-state index contributed by atoms with van der Waals surface area (Å²) in [5.41, 5.74) is 0. The largest absolute Gasteiger partial charge is 0.469 e. The van der Waals surface area contributed by atoms with Crippen molar-refractivity contribution in [2.75, 3.05) is 13.7 Å². The first-order valence-electron chi connectivity index (χ1n) is 5.41. The van der Waals surface area contributed by atoms with E-state index in [0.717, 1.165) is 0 Å². The van der Waals surface area contributed by atoms with Gasteiger partial charge in [-0.3, -0.25) is 14.4 Å². The fraction of sp³-hybridized carbons (Fsp3) is 0.583. The van der Waals surface area contributed by atoms with Crippen LogP contribution in [-0.2, 0) is 23.9 Å². The number of hydrogen-bond acceptors (Lipinski definition) is 5. The number of carbonyl (C=O) groups is 3. The molecular weight excluding hydrogens is 224 g/mol. The van der Waals surface area contributed by atoms with E-state index in [1.165, 1.54) is 7.11 Å². The highest BCUT2D eigenvalue weighted by molar-refractivity contribution is 5.97. The second-order valence-electron chi connectivity index (χ2n) is 3.47. The number of esters is 2. The number of ketones is 1. The molecule has 0 saturated carbocycles. The van der Waals surface area contributed by atoms with Crippen LogP contribution in [0.5, 0.6) is 0 Å². The van der Waals surface area contributed by atoms with Crippen molar-refractivity contribution in [3.8, 4) is 0 Å². The molecule has 1 atom stereocenters. The monoisotopic (exact) mass is 242 g/mol. The smallest absolute Gasteiger partial charge is 0.313 e. The highest BCUT2D eigenvalue weighted by Crippen LogP contribution is 2.13. The minimum Gasteiger partial charge on any atom is -0.469 e. The highest BCUT2D eigenvalue weighted by Gasteiger charge is 2.22. The molecule has 0 aromatic heterocycles. The number of Topliss-reactive ketones (excluding diaryl/α,β-unsaturated/α-hetero) is 1. The predicted molar refractivity (Wildman–Crippen MR) is 61.2 cm³/mol. The molecule has 0 aliphatic rings. The predicted octanol–water partition coefficient (Wildman–Crippen LogP) is 1.26. The lowest BCUT2D eigenvalue weighted by molar-refractivity contribution is -0.150. The first-order valence-corrected chi connectivity index (χ1v) is 5.41. The molecular formula is C12H18O5. The van der Waals surface area contributed by atoms with Crippen molar-refractivity contribution in [3.63, 3.8) is 0 Å². The van der Waals surface area contributed by atoms with Crippen molar-refractivity contribution < 1.29 is 23.9 Å². The molecule has 0 heterocycles. The van der Waals surface area contributed by atoms with Gasteiger partial charge in [-0.25, -0.2) is 0 Å². The normalized spacial score (nSPS) is 11.4. The van der Waals surface area contributed by atoms with Gasteiger partial charge in [0.1, 0.15) is 12.2 Å². The van der Waals surface area contributed by atoms with Crippen molar-refractivity contribution in [2.24, 2.45) is 5.92 Å².